The van der Waals surface area contributed by atoms with E-state index in [0.29, 0.717) is 0 Å². The molecule has 0 fully saturated rings. The van der Waals surface area contributed by atoms with Crippen molar-refractivity contribution in [1.29, 1.82) is 0 Å². The van der Waals surface area contributed by atoms with Crippen molar-refractivity contribution >= 4 is 23.1 Å². The van der Waals surface area contributed by atoms with Crippen LogP contribution in [0.3, 0.4) is 0 Å². The van der Waals surface area contributed by atoms with Crippen LogP contribution in [0.15, 0.2) is 0 Å². The topological polar surface area (TPSA) is 101 Å². The van der Waals surface area contributed by atoms with Gasteiger partial charge >= 0.3 is 11.5 Å². The molecule has 0 saturated heterocycles. The molecule has 48 valence electrons. The molecular formula is C2H4ClNO4. The Bertz CT molecular complexity index is 72.0. The summed E-state index contributed by atoms with van der Waals surface area (Å²) in [5.74, 6) is 0. The van der Waals surface area contributed by atoms with E-state index in [2.05, 4.69) is 17.3 Å². The molecule has 0 heterocycles. The van der Waals surface area contributed by atoms with Crippen molar-refractivity contribution in [3.8, 4) is 0 Å². The van der Waals surface area contributed by atoms with Gasteiger partial charge in [0, 0.05) is 11.6 Å². The predicted octanol–water partition coefficient (Wildman–Crippen LogP) is 0.526. The van der Waals surface area contributed by atoms with Crippen molar-refractivity contribution in [3.05, 3.63) is 0 Å². The summed E-state index contributed by atoms with van der Waals surface area (Å²) in [6.45, 7) is 0. The molecule has 0 radical (unpaired) electrons. The molecule has 0 aliphatic carbocycles. The first kappa shape index (κ1) is 10.1. The van der Waals surface area contributed by atoms with Gasteiger partial charge in [-0.15, -0.1) is 0 Å². The van der Waals surface area contributed by atoms with Crippen molar-refractivity contribution in [1.82, 2.24) is 0 Å². The third kappa shape index (κ3) is 86.8. The summed E-state index contributed by atoms with van der Waals surface area (Å²) in [5.41, 5.74) is 2.67. The third-order valence-electron chi connectivity index (χ3n) is 0. The van der Waals surface area contributed by atoms with E-state index < -0.39 is 11.5 Å². The highest BCUT2D eigenvalue weighted by Gasteiger charge is 1.71. The van der Waals surface area contributed by atoms with E-state index in [1.807, 2.05) is 0 Å². The minimum absolute atomic E-state index is 1.33. The minimum atomic E-state index is -1.36. The van der Waals surface area contributed by atoms with E-state index in [1.165, 1.54) is 0 Å². The zero-order chi connectivity index (χ0) is 7.15. The fourth-order valence-corrected chi connectivity index (χ4v) is 0. The number of hydrogen-bond acceptors (Lipinski definition) is 2. The van der Waals surface area contributed by atoms with Gasteiger partial charge in [0.25, 0.3) is 0 Å². The number of hydrogen-bond donors (Lipinski definition) is 3. The number of nitrogens with two attached hydrogens (primary N) is 1. The Labute approximate surface area is 49.7 Å². The van der Waals surface area contributed by atoms with Gasteiger partial charge in [0.2, 0.25) is 0 Å². The van der Waals surface area contributed by atoms with Gasteiger partial charge < -0.3 is 15.9 Å². The molecule has 0 aromatic carbocycles. The SMILES string of the molecule is NC(=O)O.O=C(O)Cl. The molecule has 4 N–H and O–H groups in total. The molecule has 0 saturated carbocycles. The first-order valence-corrected chi connectivity index (χ1v) is 1.71. The zero-order valence-electron chi connectivity index (χ0n) is 3.67. The van der Waals surface area contributed by atoms with E-state index in [-0.39, 0.29) is 0 Å². The molecule has 5 nitrogen and oxygen atoms in total. The minimum Gasteiger partial charge on any atom is -0.469 e. The highest BCUT2D eigenvalue weighted by Crippen LogP contribution is 1.67. The fraction of sp³-hybridized carbons (Fsp3) is 0. The maximum atomic E-state index is 8.78. The summed E-state index contributed by atoms with van der Waals surface area (Å²) in [5, 5.41) is 14.4. The molecule has 1 amide bonds. The average molecular weight is 142 g/mol. The highest BCUT2D eigenvalue weighted by atomic mass is 35.5. The van der Waals surface area contributed by atoms with Gasteiger partial charge in [-0.25, -0.2) is 9.59 Å². The molecule has 0 unspecified atom stereocenters. The lowest BCUT2D eigenvalue weighted by molar-refractivity contribution is 0.205. The molecule has 6 heteroatoms. The Morgan fingerprint density at radius 1 is 1.38 bits per heavy atom. The van der Waals surface area contributed by atoms with Gasteiger partial charge in [-0.05, 0) is 0 Å². The number of primary amides is 1. The van der Waals surface area contributed by atoms with Crippen molar-refractivity contribution in [2.75, 3.05) is 0 Å². The maximum Gasteiger partial charge on any atom is 0.402 e. The van der Waals surface area contributed by atoms with E-state index in [1.54, 1.807) is 0 Å². The monoisotopic (exact) mass is 141 g/mol. The van der Waals surface area contributed by atoms with Crippen LogP contribution < -0.4 is 5.73 Å². The van der Waals surface area contributed by atoms with E-state index in [0.717, 1.165) is 0 Å². The average Bonchev–Trinajstić information content (AvgIpc) is 1.25. The van der Waals surface area contributed by atoms with Gasteiger partial charge in [0.15, 0.2) is 0 Å². The van der Waals surface area contributed by atoms with Gasteiger partial charge in [-0.2, -0.15) is 0 Å². The molecule has 0 bridgehead atoms. The molecule has 0 atom stereocenters. The standard InChI is InChI=1S/CHClO2.CH3NO2/c2*2-1(3)4/h(H,3,4);2H2,(H,3,4). The van der Waals surface area contributed by atoms with E-state index >= 15 is 0 Å². The predicted molar refractivity (Wildman–Crippen MR) is 26.1 cm³/mol. The summed E-state index contributed by atoms with van der Waals surface area (Å²) in [6, 6.07) is 0. The normalized spacial score (nSPS) is 6.12. The van der Waals surface area contributed by atoms with Gasteiger partial charge in [-0.1, -0.05) is 0 Å². The van der Waals surface area contributed by atoms with E-state index in [4.69, 9.17) is 19.8 Å². The fourth-order valence-electron chi connectivity index (χ4n) is 0. The summed E-state index contributed by atoms with van der Waals surface area (Å²) in [4.78, 5) is 17.5. The molecule has 8 heavy (non-hydrogen) atoms. The third-order valence-corrected chi connectivity index (χ3v) is 0. The van der Waals surface area contributed by atoms with Crippen LogP contribution in [-0.4, -0.2) is 21.7 Å². The molecule has 0 aliphatic heterocycles. The second-order valence-corrected chi connectivity index (χ2v) is 0.915. The van der Waals surface area contributed by atoms with Crippen molar-refractivity contribution < 1.29 is 19.8 Å². The second kappa shape index (κ2) is 6.03. The quantitative estimate of drug-likeness (QED) is 0.428. The largest absolute Gasteiger partial charge is 0.469 e. The summed E-state index contributed by atoms with van der Waals surface area (Å²) < 4.78 is 0. The van der Waals surface area contributed by atoms with Crippen LogP contribution in [-0.2, 0) is 0 Å². The lowest BCUT2D eigenvalue weighted by atomic mass is 11.3. The van der Waals surface area contributed by atoms with Crippen molar-refractivity contribution in [2.45, 2.75) is 0 Å². The Hall–Kier alpha value is -0.970. The first-order valence-electron chi connectivity index (χ1n) is 1.33. The van der Waals surface area contributed by atoms with Crippen LogP contribution in [0.1, 0.15) is 0 Å². The van der Waals surface area contributed by atoms with Crippen LogP contribution in [0.25, 0.3) is 0 Å². The number of carboxylic acid groups (broad SMARTS) is 2. The molecule has 0 rings (SSSR count). The summed E-state index contributed by atoms with van der Waals surface area (Å²) in [7, 11) is 0. The van der Waals surface area contributed by atoms with Crippen LogP contribution in [0.2, 0.25) is 0 Å². The summed E-state index contributed by atoms with van der Waals surface area (Å²) >= 11 is 4.19. The molecular weight excluding hydrogens is 137 g/mol. The Morgan fingerprint density at radius 3 is 1.38 bits per heavy atom. The highest BCUT2D eigenvalue weighted by molar-refractivity contribution is 6.60. The Kier molecular flexibility index (Phi) is 7.62. The molecule has 0 aliphatic rings. The van der Waals surface area contributed by atoms with Crippen molar-refractivity contribution in [3.63, 3.8) is 0 Å². The number of carbonyl (C=O) groups is 2. The first-order chi connectivity index (χ1) is 3.46. The van der Waals surface area contributed by atoms with Gasteiger partial charge in [-0.3, -0.25) is 0 Å². The maximum absolute atomic E-state index is 8.78. The van der Waals surface area contributed by atoms with Crippen LogP contribution in [0, 0.1) is 0 Å². The lowest BCUT2D eigenvalue weighted by Crippen LogP contribution is -2.03. The lowest BCUT2D eigenvalue weighted by Gasteiger charge is -1.61. The second-order valence-electron chi connectivity index (χ2n) is 0.591. The summed E-state index contributed by atoms with van der Waals surface area (Å²) in [6.07, 6.45) is -1.33. The Balaban J connectivity index is 0. The van der Waals surface area contributed by atoms with E-state index in [9.17, 15) is 0 Å². The van der Waals surface area contributed by atoms with Gasteiger partial charge in [0.1, 0.15) is 0 Å². The molecule has 0 aromatic heterocycles. The van der Waals surface area contributed by atoms with Crippen LogP contribution >= 0.6 is 11.6 Å². The number of rotatable bonds is 0. The zero-order valence-corrected chi connectivity index (χ0v) is 4.42. The van der Waals surface area contributed by atoms with Crippen LogP contribution in [0.4, 0.5) is 9.59 Å². The molecule has 0 aromatic rings. The smallest absolute Gasteiger partial charge is 0.402 e. The number of halogens is 1. The Morgan fingerprint density at radius 2 is 1.38 bits per heavy atom. The van der Waals surface area contributed by atoms with Crippen molar-refractivity contribution in [2.24, 2.45) is 5.73 Å². The van der Waals surface area contributed by atoms with Gasteiger partial charge in [0.05, 0.1) is 0 Å². The van der Waals surface area contributed by atoms with Crippen LogP contribution in [0.5, 0.6) is 0 Å². The molecule has 0 spiro atoms. The number of amides is 1.